The van der Waals surface area contributed by atoms with Gasteiger partial charge in [0, 0.05) is 16.9 Å². The first-order valence-electron chi connectivity index (χ1n) is 16.9. The second-order valence-corrected chi connectivity index (χ2v) is 12.5. The molecule has 0 aromatic heterocycles. The third-order valence-corrected chi connectivity index (χ3v) is 9.66. The molecule has 0 radical (unpaired) electrons. The van der Waals surface area contributed by atoms with Gasteiger partial charge in [0.05, 0.1) is 5.69 Å². The van der Waals surface area contributed by atoms with Crippen LogP contribution in [0, 0.1) is 0 Å². The Hall–Kier alpha value is -6.44. The van der Waals surface area contributed by atoms with E-state index in [9.17, 15) is 0 Å². The molecule has 0 spiro atoms. The third kappa shape index (κ3) is 5.23. The molecular formula is C48H33N. The highest BCUT2D eigenvalue weighted by atomic mass is 15.1. The fourth-order valence-corrected chi connectivity index (χ4v) is 7.30. The van der Waals surface area contributed by atoms with Gasteiger partial charge in [-0.25, -0.2) is 0 Å². The maximum Gasteiger partial charge on any atom is 0.0540 e. The Labute approximate surface area is 287 Å². The molecule has 0 heterocycles. The highest BCUT2D eigenvalue weighted by Gasteiger charge is 2.19. The molecule has 0 bridgehead atoms. The van der Waals surface area contributed by atoms with Crippen molar-refractivity contribution in [3.63, 3.8) is 0 Å². The average Bonchev–Trinajstić information content (AvgIpc) is 3.19. The van der Waals surface area contributed by atoms with Crippen molar-refractivity contribution >= 4 is 49.4 Å². The van der Waals surface area contributed by atoms with Gasteiger partial charge in [-0.3, -0.25) is 0 Å². The second-order valence-electron chi connectivity index (χ2n) is 12.5. The molecule has 0 fully saturated rings. The number of para-hydroxylation sites is 2. The van der Waals surface area contributed by atoms with Gasteiger partial charge in [0.25, 0.3) is 0 Å². The first-order chi connectivity index (χ1) is 24.3. The Kier molecular flexibility index (Phi) is 7.22. The van der Waals surface area contributed by atoms with E-state index >= 15 is 0 Å². The molecule has 0 aliphatic rings. The molecule has 1 heteroatoms. The Morgan fingerprint density at radius 1 is 0.265 bits per heavy atom. The normalized spacial score (nSPS) is 11.3. The topological polar surface area (TPSA) is 3.24 Å². The maximum atomic E-state index is 2.38. The van der Waals surface area contributed by atoms with Crippen LogP contribution in [0.15, 0.2) is 200 Å². The molecule has 0 amide bonds. The molecule has 0 atom stereocenters. The van der Waals surface area contributed by atoms with Gasteiger partial charge in [-0.05, 0) is 96.5 Å². The van der Waals surface area contributed by atoms with Gasteiger partial charge in [-0.1, -0.05) is 164 Å². The molecule has 49 heavy (non-hydrogen) atoms. The summed E-state index contributed by atoms with van der Waals surface area (Å²) in [7, 11) is 0. The van der Waals surface area contributed by atoms with Crippen molar-refractivity contribution in [2.45, 2.75) is 0 Å². The maximum absolute atomic E-state index is 2.38. The zero-order chi connectivity index (χ0) is 32.6. The van der Waals surface area contributed by atoms with E-state index in [0.717, 1.165) is 17.1 Å². The Morgan fingerprint density at radius 2 is 0.776 bits per heavy atom. The van der Waals surface area contributed by atoms with Gasteiger partial charge in [0.15, 0.2) is 0 Å². The molecule has 0 N–H and O–H groups in total. The van der Waals surface area contributed by atoms with Crippen LogP contribution in [0.3, 0.4) is 0 Å². The molecule has 9 rings (SSSR count). The molecular weight excluding hydrogens is 591 g/mol. The second kappa shape index (κ2) is 12.3. The van der Waals surface area contributed by atoms with Crippen LogP contribution in [0.1, 0.15) is 0 Å². The molecule has 9 aromatic rings. The Bertz CT molecular complexity index is 2590. The number of rotatable bonds is 6. The van der Waals surface area contributed by atoms with E-state index in [2.05, 4.69) is 205 Å². The number of nitrogens with zero attached hydrogens (tertiary/aromatic N) is 1. The summed E-state index contributed by atoms with van der Waals surface area (Å²) in [5.74, 6) is 0. The fraction of sp³-hybridized carbons (Fsp3) is 0. The predicted octanol–water partition coefficient (Wildman–Crippen LogP) is 13.6. The van der Waals surface area contributed by atoms with Crippen molar-refractivity contribution < 1.29 is 0 Å². The van der Waals surface area contributed by atoms with Gasteiger partial charge in [-0.2, -0.15) is 0 Å². The van der Waals surface area contributed by atoms with Gasteiger partial charge in [0.1, 0.15) is 0 Å². The zero-order valence-electron chi connectivity index (χ0n) is 27.0. The molecule has 230 valence electrons. The largest absolute Gasteiger partial charge is 0.310 e. The summed E-state index contributed by atoms with van der Waals surface area (Å²) in [6.07, 6.45) is 0. The lowest BCUT2D eigenvalue weighted by Crippen LogP contribution is -2.11. The smallest absolute Gasteiger partial charge is 0.0540 e. The molecule has 0 unspecified atom stereocenters. The van der Waals surface area contributed by atoms with Crippen LogP contribution in [-0.2, 0) is 0 Å². The minimum Gasteiger partial charge on any atom is -0.310 e. The van der Waals surface area contributed by atoms with E-state index in [1.165, 1.54) is 65.7 Å². The Balaban J connectivity index is 1.17. The van der Waals surface area contributed by atoms with Crippen LogP contribution in [-0.4, -0.2) is 0 Å². The van der Waals surface area contributed by atoms with Crippen LogP contribution >= 0.6 is 0 Å². The first kappa shape index (κ1) is 28.8. The Morgan fingerprint density at radius 3 is 1.59 bits per heavy atom. The van der Waals surface area contributed by atoms with Gasteiger partial charge in [0.2, 0.25) is 0 Å². The van der Waals surface area contributed by atoms with E-state index in [0.29, 0.717) is 0 Å². The molecule has 0 saturated carbocycles. The van der Waals surface area contributed by atoms with Crippen molar-refractivity contribution in [3.05, 3.63) is 200 Å². The fourth-order valence-electron chi connectivity index (χ4n) is 7.30. The minimum atomic E-state index is 1.11. The number of fused-ring (bicyclic) bond motifs is 5. The summed E-state index contributed by atoms with van der Waals surface area (Å²) in [6.45, 7) is 0. The summed E-state index contributed by atoms with van der Waals surface area (Å²) < 4.78 is 0. The summed E-state index contributed by atoms with van der Waals surface area (Å²) >= 11 is 0. The van der Waals surface area contributed by atoms with Gasteiger partial charge >= 0.3 is 0 Å². The summed E-state index contributed by atoms with van der Waals surface area (Å²) in [5, 5.41) is 7.64. The molecule has 0 aliphatic heterocycles. The van der Waals surface area contributed by atoms with Crippen molar-refractivity contribution in [3.8, 4) is 33.4 Å². The van der Waals surface area contributed by atoms with E-state index in [-0.39, 0.29) is 0 Å². The molecule has 9 aromatic carbocycles. The van der Waals surface area contributed by atoms with E-state index in [4.69, 9.17) is 0 Å². The first-order valence-corrected chi connectivity index (χ1v) is 16.9. The predicted molar refractivity (Wildman–Crippen MR) is 210 cm³/mol. The lowest BCUT2D eigenvalue weighted by atomic mass is 9.92. The standard InChI is InChI=1S/C48H33N/c1-3-13-34(14-4-1)37-16-11-17-38(33-37)35-25-28-40(29-26-35)49(39-18-5-2-6-19-39)48-24-10-9-21-47(48)43-23-12-22-42-45-30-27-36-15-7-8-20-41(36)44(45)31-32-46(42)43/h1-33H. The average molecular weight is 624 g/mol. The summed E-state index contributed by atoms with van der Waals surface area (Å²) in [6, 6.07) is 72.4. The zero-order valence-corrected chi connectivity index (χ0v) is 27.0. The lowest BCUT2D eigenvalue weighted by Gasteiger charge is -2.28. The van der Waals surface area contributed by atoms with E-state index in [1.54, 1.807) is 0 Å². The number of hydrogen-bond acceptors (Lipinski definition) is 1. The monoisotopic (exact) mass is 623 g/mol. The van der Waals surface area contributed by atoms with Crippen molar-refractivity contribution in [1.29, 1.82) is 0 Å². The van der Waals surface area contributed by atoms with E-state index < -0.39 is 0 Å². The van der Waals surface area contributed by atoms with Crippen LogP contribution in [0.5, 0.6) is 0 Å². The number of anilines is 3. The van der Waals surface area contributed by atoms with Crippen LogP contribution in [0.4, 0.5) is 17.1 Å². The van der Waals surface area contributed by atoms with E-state index in [1.807, 2.05) is 0 Å². The molecule has 0 saturated heterocycles. The van der Waals surface area contributed by atoms with Crippen molar-refractivity contribution in [2.24, 2.45) is 0 Å². The number of hydrogen-bond donors (Lipinski definition) is 0. The van der Waals surface area contributed by atoms with Gasteiger partial charge < -0.3 is 4.90 Å². The van der Waals surface area contributed by atoms with Gasteiger partial charge in [-0.15, -0.1) is 0 Å². The summed E-state index contributed by atoms with van der Waals surface area (Å²) in [5.41, 5.74) is 10.6. The highest BCUT2D eigenvalue weighted by Crippen LogP contribution is 2.44. The lowest BCUT2D eigenvalue weighted by molar-refractivity contribution is 1.28. The SMILES string of the molecule is c1ccc(-c2cccc(-c3ccc(N(c4ccccc4)c4ccccc4-c4cccc5c4ccc4c6ccccc6ccc54)cc3)c2)cc1. The third-order valence-electron chi connectivity index (χ3n) is 9.66. The molecule has 1 nitrogen and oxygen atoms in total. The van der Waals surface area contributed by atoms with Crippen LogP contribution in [0.25, 0.3) is 65.7 Å². The van der Waals surface area contributed by atoms with Crippen LogP contribution in [0.2, 0.25) is 0 Å². The van der Waals surface area contributed by atoms with Crippen molar-refractivity contribution in [2.75, 3.05) is 4.90 Å². The quantitative estimate of drug-likeness (QED) is 0.167. The van der Waals surface area contributed by atoms with Crippen LogP contribution < -0.4 is 4.90 Å². The minimum absolute atomic E-state index is 1.11. The summed E-state index contributed by atoms with van der Waals surface area (Å²) in [4.78, 5) is 2.38. The highest BCUT2D eigenvalue weighted by molar-refractivity contribution is 6.19. The molecule has 0 aliphatic carbocycles. The van der Waals surface area contributed by atoms with Crippen molar-refractivity contribution in [1.82, 2.24) is 0 Å². The number of benzene rings is 9.